The van der Waals surface area contributed by atoms with Crippen molar-refractivity contribution < 1.29 is 9.90 Å². The van der Waals surface area contributed by atoms with Crippen LogP contribution in [0.2, 0.25) is 0 Å². The molecule has 0 radical (unpaired) electrons. The highest BCUT2D eigenvalue weighted by Gasteiger charge is 2.10. The van der Waals surface area contributed by atoms with Gasteiger partial charge >= 0.3 is 5.97 Å². The van der Waals surface area contributed by atoms with Crippen LogP contribution in [0.25, 0.3) is 0 Å². The van der Waals surface area contributed by atoms with Crippen molar-refractivity contribution in [2.45, 2.75) is 30.7 Å². The largest absolute Gasteiger partial charge is 0.481 e. The van der Waals surface area contributed by atoms with Gasteiger partial charge in [0, 0.05) is 17.6 Å². The minimum absolute atomic E-state index is 0.00444. The van der Waals surface area contributed by atoms with Crippen LogP contribution >= 0.6 is 11.8 Å². The summed E-state index contributed by atoms with van der Waals surface area (Å²) in [5.74, 6) is -0.794. The van der Waals surface area contributed by atoms with Crippen LogP contribution in [0, 0.1) is 6.92 Å². The monoisotopic (exact) mass is 212 g/mol. The molecule has 1 aromatic heterocycles. The van der Waals surface area contributed by atoms with E-state index in [1.54, 1.807) is 12.4 Å². The maximum atomic E-state index is 10.4. The Balaban J connectivity index is 2.51. The number of aromatic nitrogens is 2. The van der Waals surface area contributed by atoms with Gasteiger partial charge in [-0.05, 0) is 12.5 Å². The average molecular weight is 212 g/mol. The van der Waals surface area contributed by atoms with Gasteiger partial charge in [0.25, 0.3) is 0 Å². The highest BCUT2D eigenvalue weighted by Crippen LogP contribution is 2.20. The van der Waals surface area contributed by atoms with E-state index in [0.29, 0.717) is 5.16 Å². The highest BCUT2D eigenvalue weighted by molar-refractivity contribution is 7.99. The fraction of sp³-hybridized carbons (Fsp3) is 0.444. The van der Waals surface area contributed by atoms with Gasteiger partial charge in [-0.15, -0.1) is 0 Å². The molecule has 1 rings (SSSR count). The van der Waals surface area contributed by atoms with Gasteiger partial charge in [-0.3, -0.25) is 4.79 Å². The molecule has 1 atom stereocenters. The standard InChI is InChI=1S/C9H12N2O2S/c1-6-4-10-9(11-5-6)14-7(2)3-8(12)13/h4-5,7H,3H2,1-2H3,(H,12,13). The molecular formula is C9H12N2O2S. The molecule has 0 aliphatic rings. The molecule has 5 heteroatoms. The second kappa shape index (κ2) is 4.95. The van der Waals surface area contributed by atoms with E-state index < -0.39 is 5.97 Å². The van der Waals surface area contributed by atoms with Crippen molar-refractivity contribution in [1.29, 1.82) is 0 Å². The van der Waals surface area contributed by atoms with Gasteiger partial charge in [-0.25, -0.2) is 9.97 Å². The zero-order valence-corrected chi connectivity index (χ0v) is 8.91. The van der Waals surface area contributed by atoms with E-state index in [1.165, 1.54) is 11.8 Å². The quantitative estimate of drug-likeness (QED) is 0.608. The van der Waals surface area contributed by atoms with Crippen molar-refractivity contribution in [3.63, 3.8) is 0 Å². The lowest BCUT2D eigenvalue weighted by Crippen LogP contribution is -2.06. The summed E-state index contributed by atoms with van der Waals surface area (Å²) in [7, 11) is 0. The van der Waals surface area contributed by atoms with Crippen molar-refractivity contribution in [3.05, 3.63) is 18.0 Å². The van der Waals surface area contributed by atoms with Gasteiger partial charge in [0.15, 0.2) is 5.16 Å². The third-order valence-corrected chi connectivity index (χ3v) is 2.52. The van der Waals surface area contributed by atoms with Crippen LogP contribution in [0.4, 0.5) is 0 Å². The Morgan fingerprint density at radius 2 is 2.14 bits per heavy atom. The second-order valence-electron chi connectivity index (χ2n) is 3.07. The Hall–Kier alpha value is -1.10. The first-order valence-corrected chi connectivity index (χ1v) is 5.13. The third kappa shape index (κ3) is 3.74. The Morgan fingerprint density at radius 3 is 2.64 bits per heavy atom. The van der Waals surface area contributed by atoms with E-state index in [4.69, 9.17) is 5.11 Å². The molecule has 1 heterocycles. The first-order chi connectivity index (χ1) is 6.58. The molecule has 0 saturated carbocycles. The molecule has 0 bridgehead atoms. The third-order valence-electron chi connectivity index (χ3n) is 1.53. The van der Waals surface area contributed by atoms with Gasteiger partial charge in [0.1, 0.15) is 0 Å². The topological polar surface area (TPSA) is 63.1 Å². The van der Waals surface area contributed by atoms with Crippen molar-refractivity contribution in [2.75, 3.05) is 0 Å². The van der Waals surface area contributed by atoms with E-state index in [-0.39, 0.29) is 11.7 Å². The van der Waals surface area contributed by atoms with Crippen molar-refractivity contribution in [3.8, 4) is 0 Å². The molecule has 0 aliphatic heterocycles. The van der Waals surface area contributed by atoms with Gasteiger partial charge in [-0.2, -0.15) is 0 Å². The van der Waals surface area contributed by atoms with E-state index in [9.17, 15) is 4.79 Å². The molecule has 0 spiro atoms. The predicted molar refractivity (Wildman–Crippen MR) is 54.3 cm³/mol. The van der Waals surface area contributed by atoms with Gasteiger partial charge < -0.3 is 5.11 Å². The summed E-state index contributed by atoms with van der Waals surface area (Å²) in [4.78, 5) is 18.6. The average Bonchev–Trinajstić information content (AvgIpc) is 2.07. The molecule has 0 fully saturated rings. The zero-order chi connectivity index (χ0) is 10.6. The number of carboxylic acids is 1. The van der Waals surface area contributed by atoms with E-state index in [2.05, 4.69) is 9.97 Å². The van der Waals surface area contributed by atoms with Crippen molar-refractivity contribution >= 4 is 17.7 Å². The van der Waals surface area contributed by atoms with Crippen molar-refractivity contribution in [2.24, 2.45) is 0 Å². The SMILES string of the molecule is Cc1cnc(SC(C)CC(=O)O)nc1. The Labute approximate surface area is 86.8 Å². The first kappa shape index (κ1) is 11.0. The molecule has 1 unspecified atom stereocenters. The van der Waals surface area contributed by atoms with Gasteiger partial charge in [-0.1, -0.05) is 18.7 Å². The van der Waals surface area contributed by atoms with E-state index in [1.807, 2.05) is 13.8 Å². The number of nitrogens with zero attached hydrogens (tertiary/aromatic N) is 2. The smallest absolute Gasteiger partial charge is 0.304 e. The lowest BCUT2D eigenvalue weighted by molar-refractivity contribution is -0.136. The number of aryl methyl sites for hydroxylation is 1. The van der Waals surface area contributed by atoms with Crippen LogP contribution in [0.3, 0.4) is 0 Å². The second-order valence-corrected chi connectivity index (χ2v) is 4.47. The van der Waals surface area contributed by atoms with E-state index >= 15 is 0 Å². The number of thioether (sulfide) groups is 1. The van der Waals surface area contributed by atoms with Crippen LogP contribution in [0.5, 0.6) is 0 Å². The lowest BCUT2D eigenvalue weighted by Gasteiger charge is -2.05. The van der Waals surface area contributed by atoms with Crippen LogP contribution < -0.4 is 0 Å². The minimum Gasteiger partial charge on any atom is -0.481 e. The summed E-state index contributed by atoms with van der Waals surface area (Å²) in [6.07, 6.45) is 3.58. The molecule has 0 amide bonds. The summed E-state index contributed by atoms with van der Waals surface area (Å²) in [5.41, 5.74) is 1.00. The normalized spacial score (nSPS) is 12.4. The molecule has 76 valence electrons. The summed E-state index contributed by atoms with van der Waals surface area (Å²) < 4.78 is 0. The zero-order valence-electron chi connectivity index (χ0n) is 8.10. The molecule has 1 N–H and O–H groups in total. The molecular weight excluding hydrogens is 200 g/mol. The molecule has 0 aliphatic carbocycles. The summed E-state index contributed by atoms with van der Waals surface area (Å²) in [6.45, 7) is 3.76. The number of carboxylic acid groups (broad SMARTS) is 1. The minimum atomic E-state index is -0.794. The number of rotatable bonds is 4. The Kier molecular flexibility index (Phi) is 3.88. The number of aliphatic carboxylic acids is 1. The predicted octanol–water partition coefficient (Wildman–Crippen LogP) is 1.74. The lowest BCUT2D eigenvalue weighted by atomic mass is 10.3. The maximum absolute atomic E-state index is 10.4. The van der Waals surface area contributed by atoms with Crippen LogP contribution in [-0.2, 0) is 4.79 Å². The Morgan fingerprint density at radius 1 is 1.57 bits per heavy atom. The summed E-state index contributed by atoms with van der Waals surface area (Å²) in [6, 6.07) is 0. The molecule has 14 heavy (non-hydrogen) atoms. The summed E-state index contributed by atoms with van der Waals surface area (Å²) >= 11 is 1.38. The van der Waals surface area contributed by atoms with Crippen LogP contribution in [0.1, 0.15) is 18.9 Å². The molecule has 1 aromatic rings. The van der Waals surface area contributed by atoms with Crippen LogP contribution in [0.15, 0.2) is 17.6 Å². The number of hydrogen-bond acceptors (Lipinski definition) is 4. The highest BCUT2D eigenvalue weighted by atomic mass is 32.2. The molecule has 0 aromatic carbocycles. The number of carbonyl (C=O) groups is 1. The van der Waals surface area contributed by atoms with Gasteiger partial charge in [0.2, 0.25) is 0 Å². The Bertz CT molecular complexity index is 313. The first-order valence-electron chi connectivity index (χ1n) is 4.25. The van der Waals surface area contributed by atoms with Crippen LogP contribution in [-0.4, -0.2) is 26.3 Å². The fourth-order valence-corrected chi connectivity index (χ4v) is 1.72. The molecule has 0 saturated heterocycles. The van der Waals surface area contributed by atoms with E-state index in [0.717, 1.165) is 5.56 Å². The fourth-order valence-electron chi connectivity index (χ4n) is 0.909. The van der Waals surface area contributed by atoms with Gasteiger partial charge in [0.05, 0.1) is 6.42 Å². The molecule has 4 nitrogen and oxygen atoms in total. The van der Waals surface area contributed by atoms with Crippen molar-refractivity contribution in [1.82, 2.24) is 9.97 Å². The summed E-state index contributed by atoms with van der Waals surface area (Å²) in [5, 5.41) is 9.18. The number of hydrogen-bond donors (Lipinski definition) is 1. The maximum Gasteiger partial charge on any atom is 0.304 e.